The Balaban J connectivity index is 1.32. The molecule has 0 atom stereocenters. The van der Waals surface area contributed by atoms with E-state index in [0.29, 0.717) is 28.0 Å². The van der Waals surface area contributed by atoms with Crippen LogP contribution >= 0.6 is 23.2 Å². The first kappa shape index (κ1) is 22.7. The van der Waals surface area contributed by atoms with Crippen molar-refractivity contribution in [1.29, 1.82) is 0 Å². The van der Waals surface area contributed by atoms with E-state index in [9.17, 15) is 4.79 Å². The number of amides is 1. The number of hydrogen-bond donors (Lipinski definition) is 0. The van der Waals surface area contributed by atoms with Crippen molar-refractivity contribution in [2.45, 2.75) is 20.1 Å². The van der Waals surface area contributed by atoms with Crippen LogP contribution in [0.25, 0.3) is 0 Å². The quantitative estimate of drug-likeness (QED) is 0.455. The van der Waals surface area contributed by atoms with Crippen molar-refractivity contribution in [1.82, 2.24) is 9.80 Å². The number of aryl methyl sites for hydroxylation is 1. The fourth-order valence-corrected chi connectivity index (χ4v) is 4.14. The zero-order valence-corrected chi connectivity index (χ0v) is 19.6. The Hall–Kier alpha value is -2.53. The molecule has 1 aliphatic heterocycles. The molecule has 0 aliphatic carbocycles. The van der Waals surface area contributed by atoms with Crippen LogP contribution in [0.5, 0.6) is 5.75 Å². The van der Waals surface area contributed by atoms with Crippen molar-refractivity contribution < 1.29 is 9.53 Å². The molecule has 3 aromatic carbocycles. The number of halogens is 2. The summed E-state index contributed by atoms with van der Waals surface area (Å²) in [5.41, 5.74) is 4.16. The summed E-state index contributed by atoms with van der Waals surface area (Å²) in [5, 5.41) is 0.847. The molecule has 0 aromatic heterocycles. The van der Waals surface area contributed by atoms with Crippen LogP contribution in [-0.4, -0.2) is 41.9 Å². The Labute approximate surface area is 199 Å². The van der Waals surface area contributed by atoms with Gasteiger partial charge in [-0.25, -0.2) is 0 Å². The number of nitrogens with zero attached hydrogens (tertiary/aromatic N) is 2. The van der Waals surface area contributed by atoms with Gasteiger partial charge < -0.3 is 9.64 Å². The van der Waals surface area contributed by atoms with Crippen LogP contribution in [0.2, 0.25) is 10.0 Å². The SMILES string of the molecule is Cc1ccc(CN2CCN(C(=O)c3cccc(COc4cccc(Cl)c4Cl)c3)CC2)cc1. The minimum absolute atomic E-state index is 0.0580. The maximum absolute atomic E-state index is 13.1. The second-order valence-electron chi connectivity index (χ2n) is 8.09. The molecular weight excluding hydrogens is 443 g/mol. The Kier molecular flexibility index (Phi) is 7.36. The van der Waals surface area contributed by atoms with Crippen LogP contribution in [0, 0.1) is 6.92 Å². The first-order valence-electron chi connectivity index (χ1n) is 10.7. The van der Waals surface area contributed by atoms with Crippen molar-refractivity contribution in [2.24, 2.45) is 0 Å². The third kappa shape index (κ3) is 5.63. The number of rotatable bonds is 6. The molecule has 32 heavy (non-hydrogen) atoms. The van der Waals surface area contributed by atoms with Gasteiger partial charge in [0.05, 0.1) is 5.02 Å². The molecule has 0 N–H and O–H groups in total. The lowest BCUT2D eigenvalue weighted by atomic mass is 10.1. The van der Waals surface area contributed by atoms with Crippen molar-refractivity contribution in [2.75, 3.05) is 26.2 Å². The molecule has 1 heterocycles. The summed E-state index contributed by atoms with van der Waals surface area (Å²) in [4.78, 5) is 17.4. The normalized spacial score (nSPS) is 14.4. The molecule has 166 valence electrons. The number of ether oxygens (including phenoxy) is 1. The highest BCUT2D eigenvalue weighted by Crippen LogP contribution is 2.32. The van der Waals surface area contributed by atoms with Crippen LogP contribution in [-0.2, 0) is 13.2 Å². The monoisotopic (exact) mass is 468 g/mol. The van der Waals surface area contributed by atoms with E-state index in [0.717, 1.165) is 38.3 Å². The molecule has 1 fully saturated rings. The average molecular weight is 469 g/mol. The number of hydrogen-bond acceptors (Lipinski definition) is 3. The topological polar surface area (TPSA) is 32.8 Å². The minimum Gasteiger partial charge on any atom is -0.487 e. The van der Waals surface area contributed by atoms with Crippen LogP contribution < -0.4 is 4.74 Å². The van der Waals surface area contributed by atoms with Gasteiger partial charge in [0, 0.05) is 38.3 Å². The smallest absolute Gasteiger partial charge is 0.253 e. The van der Waals surface area contributed by atoms with Gasteiger partial charge in [-0.2, -0.15) is 0 Å². The molecule has 3 aromatic rings. The van der Waals surface area contributed by atoms with E-state index in [1.807, 2.05) is 29.2 Å². The lowest BCUT2D eigenvalue weighted by Gasteiger charge is -2.35. The summed E-state index contributed by atoms with van der Waals surface area (Å²) in [6, 6.07) is 21.5. The fraction of sp³-hybridized carbons (Fsp3) is 0.269. The van der Waals surface area contributed by atoms with Gasteiger partial charge in [0.15, 0.2) is 0 Å². The van der Waals surface area contributed by atoms with Gasteiger partial charge in [-0.15, -0.1) is 0 Å². The molecule has 0 bridgehead atoms. The van der Waals surface area contributed by atoms with E-state index < -0.39 is 0 Å². The molecule has 0 saturated carbocycles. The molecule has 0 spiro atoms. The predicted molar refractivity (Wildman–Crippen MR) is 130 cm³/mol. The fourth-order valence-electron chi connectivity index (χ4n) is 3.79. The van der Waals surface area contributed by atoms with E-state index in [1.165, 1.54) is 11.1 Å². The number of carbonyl (C=O) groups excluding carboxylic acids is 1. The second kappa shape index (κ2) is 10.4. The van der Waals surface area contributed by atoms with Gasteiger partial charge in [0.2, 0.25) is 0 Å². The maximum Gasteiger partial charge on any atom is 0.253 e. The molecule has 6 heteroatoms. The summed E-state index contributed by atoms with van der Waals surface area (Å²) in [6.07, 6.45) is 0. The van der Waals surface area contributed by atoms with Gasteiger partial charge in [-0.1, -0.05) is 71.2 Å². The molecule has 1 aliphatic rings. The van der Waals surface area contributed by atoms with Crippen LogP contribution in [0.1, 0.15) is 27.0 Å². The number of benzene rings is 3. The van der Waals surface area contributed by atoms with Crippen molar-refractivity contribution in [3.05, 3.63) is 99.0 Å². The molecule has 4 rings (SSSR count). The van der Waals surface area contributed by atoms with Gasteiger partial charge in [-0.05, 0) is 42.3 Å². The molecule has 1 saturated heterocycles. The summed E-state index contributed by atoms with van der Waals surface area (Å²) in [6.45, 7) is 6.52. The lowest BCUT2D eigenvalue weighted by molar-refractivity contribution is 0.0628. The number of piperazine rings is 1. The number of carbonyl (C=O) groups is 1. The third-order valence-corrected chi connectivity index (χ3v) is 6.47. The molecule has 0 radical (unpaired) electrons. The van der Waals surface area contributed by atoms with E-state index in [1.54, 1.807) is 18.2 Å². The predicted octanol–water partition coefficient (Wildman–Crippen LogP) is 5.84. The molecule has 4 nitrogen and oxygen atoms in total. The Morgan fingerprint density at radius 1 is 0.906 bits per heavy atom. The van der Waals surface area contributed by atoms with Crippen molar-refractivity contribution in [3.63, 3.8) is 0 Å². The molecule has 1 amide bonds. The van der Waals surface area contributed by atoms with Crippen LogP contribution in [0.4, 0.5) is 0 Å². The molecule has 0 unspecified atom stereocenters. The van der Waals surface area contributed by atoms with Crippen molar-refractivity contribution >= 4 is 29.1 Å². The summed E-state index contributed by atoms with van der Waals surface area (Å²) >= 11 is 12.2. The Bertz CT molecular complexity index is 1080. The highest BCUT2D eigenvalue weighted by molar-refractivity contribution is 6.42. The first-order chi connectivity index (χ1) is 15.5. The van der Waals surface area contributed by atoms with Crippen LogP contribution in [0.3, 0.4) is 0 Å². The zero-order valence-electron chi connectivity index (χ0n) is 18.1. The van der Waals surface area contributed by atoms with E-state index >= 15 is 0 Å². The van der Waals surface area contributed by atoms with E-state index in [4.69, 9.17) is 27.9 Å². The highest BCUT2D eigenvalue weighted by atomic mass is 35.5. The Morgan fingerprint density at radius 2 is 1.62 bits per heavy atom. The van der Waals surface area contributed by atoms with E-state index in [-0.39, 0.29) is 5.91 Å². The largest absolute Gasteiger partial charge is 0.487 e. The minimum atomic E-state index is 0.0580. The average Bonchev–Trinajstić information content (AvgIpc) is 2.82. The third-order valence-electron chi connectivity index (χ3n) is 5.67. The first-order valence-corrected chi connectivity index (χ1v) is 11.5. The Morgan fingerprint density at radius 3 is 2.38 bits per heavy atom. The summed E-state index contributed by atoms with van der Waals surface area (Å²) in [5.74, 6) is 0.586. The zero-order chi connectivity index (χ0) is 22.5. The second-order valence-corrected chi connectivity index (χ2v) is 8.88. The standard InChI is InChI=1S/C26H26Cl2N2O2/c1-19-8-10-20(11-9-19)17-29-12-14-30(15-13-29)26(31)22-5-2-4-21(16-22)18-32-24-7-3-6-23(27)25(24)28/h2-11,16H,12-15,17-18H2,1H3. The molecular formula is C26H26Cl2N2O2. The maximum atomic E-state index is 13.1. The summed E-state index contributed by atoms with van der Waals surface area (Å²) < 4.78 is 5.81. The van der Waals surface area contributed by atoms with Gasteiger partial charge in [-0.3, -0.25) is 9.69 Å². The van der Waals surface area contributed by atoms with Crippen molar-refractivity contribution in [3.8, 4) is 5.75 Å². The lowest BCUT2D eigenvalue weighted by Crippen LogP contribution is -2.48. The van der Waals surface area contributed by atoms with Gasteiger partial charge in [0.25, 0.3) is 5.91 Å². The van der Waals surface area contributed by atoms with Gasteiger partial charge >= 0.3 is 0 Å². The summed E-state index contributed by atoms with van der Waals surface area (Å²) in [7, 11) is 0. The highest BCUT2D eigenvalue weighted by Gasteiger charge is 2.22. The van der Waals surface area contributed by atoms with Gasteiger partial charge in [0.1, 0.15) is 17.4 Å². The van der Waals surface area contributed by atoms with Crippen LogP contribution in [0.15, 0.2) is 66.7 Å². The van der Waals surface area contributed by atoms with E-state index in [2.05, 4.69) is 36.1 Å².